The first-order chi connectivity index (χ1) is 10.0. The van der Waals surface area contributed by atoms with Crippen LogP contribution in [0.4, 0.5) is 5.69 Å². The van der Waals surface area contributed by atoms with Crippen molar-refractivity contribution in [3.05, 3.63) is 70.8 Å². The summed E-state index contributed by atoms with van der Waals surface area (Å²) in [7, 11) is 0. The Bertz CT molecular complexity index is 763. The van der Waals surface area contributed by atoms with Crippen LogP contribution in [0.25, 0.3) is 5.70 Å². The van der Waals surface area contributed by atoms with Gasteiger partial charge in [0.05, 0.1) is 22.0 Å². The highest BCUT2D eigenvalue weighted by molar-refractivity contribution is 6.35. The van der Waals surface area contributed by atoms with Crippen LogP contribution in [0.1, 0.15) is 26.3 Å². The van der Waals surface area contributed by atoms with Gasteiger partial charge in [0.15, 0.2) is 0 Å². The second-order valence-electron chi connectivity index (χ2n) is 4.60. The Morgan fingerprint density at radius 2 is 1.81 bits per heavy atom. The zero-order valence-electron chi connectivity index (χ0n) is 10.8. The van der Waals surface area contributed by atoms with Gasteiger partial charge in [-0.25, -0.2) is 4.79 Å². The topological polar surface area (TPSA) is 57.6 Å². The minimum absolute atomic E-state index is 0.0611. The highest BCUT2D eigenvalue weighted by Gasteiger charge is 2.33. The number of carboxylic acids is 1. The number of carbonyl (C=O) groups is 2. The lowest BCUT2D eigenvalue weighted by Crippen LogP contribution is -2.22. The largest absolute Gasteiger partial charge is 0.478 e. The number of carboxylic acid groups (broad SMARTS) is 1. The van der Waals surface area contributed by atoms with E-state index in [1.165, 1.54) is 23.1 Å². The first kappa shape index (κ1) is 13.4. The number of rotatable bonds is 2. The number of benzene rings is 2. The summed E-state index contributed by atoms with van der Waals surface area (Å²) in [6, 6.07) is 11.3. The van der Waals surface area contributed by atoms with Crippen LogP contribution in [0.15, 0.2) is 49.0 Å². The van der Waals surface area contributed by atoms with Crippen molar-refractivity contribution in [1.29, 1.82) is 0 Å². The molecule has 0 atom stereocenters. The van der Waals surface area contributed by atoms with E-state index in [1.807, 2.05) is 6.07 Å². The monoisotopic (exact) mass is 299 g/mol. The van der Waals surface area contributed by atoms with Crippen molar-refractivity contribution in [3.8, 4) is 0 Å². The first-order valence-electron chi connectivity index (χ1n) is 6.16. The fourth-order valence-electron chi connectivity index (χ4n) is 2.36. The third kappa shape index (κ3) is 2.00. The molecule has 0 radical (unpaired) electrons. The number of fused-ring (bicyclic) bond motifs is 1. The van der Waals surface area contributed by atoms with Crippen LogP contribution in [-0.2, 0) is 0 Å². The third-order valence-corrected chi connectivity index (χ3v) is 3.69. The molecule has 0 spiro atoms. The smallest absolute Gasteiger partial charge is 0.335 e. The average molecular weight is 300 g/mol. The minimum Gasteiger partial charge on any atom is -0.478 e. The fourth-order valence-corrected chi connectivity index (χ4v) is 2.56. The molecule has 1 heterocycles. The molecule has 104 valence electrons. The quantitative estimate of drug-likeness (QED) is 0.920. The minimum atomic E-state index is -1.08. The molecule has 0 aliphatic carbocycles. The summed E-state index contributed by atoms with van der Waals surface area (Å²) in [4.78, 5) is 24.9. The van der Waals surface area contributed by atoms with Crippen LogP contribution < -0.4 is 4.90 Å². The van der Waals surface area contributed by atoms with Gasteiger partial charge in [0, 0.05) is 11.1 Å². The third-order valence-electron chi connectivity index (χ3n) is 3.38. The normalized spacial score (nSPS) is 13.5. The van der Waals surface area contributed by atoms with Crippen LogP contribution in [0.5, 0.6) is 0 Å². The summed E-state index contributed by atoms with van der Waals surface area (Å²) in [5.74, 6) is -1.34. The number of anilines is 1. The molecule has 1 N–H and O–H groups in total. The van der Waals surface area contributed by atoms with Gasteiger partial charge in [-0.2, -0.15) is 0 Å². The van der Waals surface area contributed by atoms with Crippen molar-refractivity contribution < 1.29 is 14.7 Å². The lowest BCUT2D eigenvalue weighted by molar-refractivity contribution is 0.0696. The molecule has 4 nitrogen and oxygen atoms in total. The van der Waals surface area contributed by atoms with Crippen molar-refractivity contribution in [1.82, 2.24) is 0 Å². The van der Waals surface area contributed by atoms with Crippen LogP contribution in [0.2, 0.25) is 5.02 Å². The molecule has 21 heavy (non-hydrogen) atoms. The summed E-state index contributed by atoms with van der Waals surface area (Å²) < 4.78 is 0. The van der Waals surface area contributed by atoms with E-state index in [0.29, 0.717) is 22.0 Å². The lowest BCUT2D eigenvalue weighted by atomic mass is 10.1. The Morgan fingerprint density at radius 3 is 2.43 bits per heavy atom. The maximum Gasteiger partial charge on any atom is 0.335 e. The van der Waals surface area contributed by atoms with E-state index < -0.39 is 5.97 Å². The number of nitrogens with zero attached hydrogens (tertiary/aromatic N) is 1. The molecule has 5 heteroatoms. The van der Waals surface area contributed by atoms with Gasteiger partial charge >= 0.3 is 5.97 Å². The number of hydrogen-bond acceptors (Lipinski definition) is 2. The van der Waals surface area contributed by atoms with Gasteiger partial charge in [0.25, 0.3) is 5.91 Å². The van der Waals surface area contributed by atoms with E-state index in [0.717, 1.165) is 5.56 Å². The zero-order valence-corrected chi connectivity index (χ0v) is 11.6. The molecule has 1 aliphatic rings. The Labute approximate surface area is 125 Å². The number of amides is 1. The van der Waals surface area contributed by atoms with Gasteiger partial charge in [0.2, 0.25) is 0 Å². The molecule has 1 aliphatic heterocycles. The van der Waals surface area contributed by atoms with Gasteiger partial charge in [-0.15, -0.1) is 0 Å². The highest BCUT2D eigenvalue weighted by atomic mass is 35.5. The number of hydrogen-bond donors (Lipinski definition) is 1. The van der Waals surface area contributed by atoms with E-state index in [4.69, 9.17) is 16.7 Å². The van der Waals surface area contributed by atoms with Crippen LogP contribution in [0.3, 0.4) is 0 Å². The molecule has 0 bridgehead atoms. The zero-order chi connectivity index (χ0) is 15.1. The van der Waals surface area contributed by atoms with Gasteiger partial charge in [-0.3, -0.25) is 9.69 Å². The second-order valence-corrected chi connectivity index (χ2v) is 5.01. The van der Waals surface area contributed by atoms with E-state index in [-0.39, 0.29) is 11.5 Å². The van der Waals surface area contributed by atoms with E-state index >= 15 is 0 Å². The molecule has 0 unspecified atom stereocenters. The van der Waals surface area contributed by atoms with E-state index in [2.05, 4.69) is 6.58 Å². The highest BCUT2D eigenvalue weighted by Crippen LogP contribution is 2.39. The fraction of sp³-hybridized carbons (Fsp3) is 0. The molecule has 0 saturated heterocycles. The van der Waals surface area contributed by atoms with Crippen LogP contribution in [0, 0.1) is 0 Å². The predicted molar refractivity (Wildman–Crippen MR) is 80.7 cm³/mol. The van der Waals surface area contributed by atoms with Gasteiger partial charge < -0.3 is 5.11 Å². The second kappa shape index (κ2) is 4.75. The molecular formula is C16H10ClNO3. The van der Waals surface area contributed by atoms with E-state index in [1.54, 1.807) is 18.2 Å². The maximum absolute atomic E-state index is 12.5. The summed E-state index contributed by atoms with van der Waals surface area (Å²) >= 11 is 6.13. The van der Waals surface area contributed by atoms with Crippen molar-refractivity contribution in [3.63, 3.8) is 0 Å². The summed E-state index contributed by atoms with van der Waals surface area (Å²) in [5, 5.41) is 9.37. The molecule has 0 aromatic heterocycles. The molecule has 2 aromatic rings. The van der Waals surface area contributed by atoms with E-state index in [9.17, 15) is 9.59 Å². The van der Waals surface area contributed by atoms with Gasteiger partial charge in [-0.1, -0.05) is 36.4 Å². The molecule has 0 saturated carbocycles. The molecule has 3 rings (SSSR count). The Balaban J connectivity index is 2.15. The number of carbonyl (C=O) groups excluding carboxylic acids is 1. The summed E-state index contributed by atoms with van der Waals surface area (Å²) in [6.45, 7) is 3.92. The number of aromatic carboxylic acids is 1. The predicted octanol–water partition coefficient (Wildman–Crippen LogP) is 3.67. The lowest BCUT2D eigenvalue weighted by Gasteiger charge is -2.19. The van der Waals surface area contributed by atoms with Gasteiger partial charge in [-0.05, 0) is 24.3 Å². The van der Waals surface area contributed by atoms with Crippen molar-refractivity contribution in [2.75, 3.05) is 4.90 Å². The first-order valence-corrected chi connectivity index (χ1v) is 6.54. The van der Waals surface area contributed by atoms with Crippen LogP contribution >= 0.6 is 11.6 Å². The van der Waals surface area contributed by atoms with Crippen molar-refractivity contribution in [2.45, 2.75) is 0 Å². The average Bonchev–Trinajstić information content (AvgIpc) is 2.72. The Kier molecular flexibility index (Phi) is 3.03. The van der Waals surface area contributed by atoms with Crippen molar-refractivity contribution in [2.24, 2.45) is 0 Å². The molecule has 2 aromatic carbocycles. The Hall–Kier alpha value is -2.59. The van der Waals surface area contributed by atoms with Crippen LogP contribution in [-0.4, -0.2) is 17.0 Å². The molecular weight excluding hydrogens is 290 g/mol. The molecule has 0 fully saturated rings. The number of halogens is 1. The van der Waals surface area contributed by atoms with Gasteiger partial charge in [0.1, 0.15) is 0 Å². The molecule has 1 amide bonds. The SMILES string of the molecule is C=C1c2ccccc2C(=O)N1c1cc(C(=O)O)ccc1Cl. The summed E-state index contributed by atoms with van der Waals surface area (Å²) in [6.07, 6.45) is 0. The maximum atomic E-state index is 12.5. The van der Waals surface area contributed by atoms with Crippen molar-refractivity contribution >= 4 is 34.9 Å². The Morgan fingerprint density at radius 1 is 1.14 bits per heavy atom. The standard InChI is InChI=1S/C16H10ClNO3/c1-9-11-4-2-3-5-12(11)15(19)18(9)14-8-10(16(20)21)6-7-13(14)17/h2-8H,1H2,(H,20,21). The summed E-state index contributed by atoms with van der Waals surface area (Å²) in [5.41, 5.74) is 2.12.